The number of rotatable bonds is 4. The predicted molar refractivity (Wildman–Crippen MR) is 76.5 cm³/mol. The Kier molecular flexibility index (Phi) is 3.61. The summed E-state index contributed by atoms with van der Waals surface area (Å²) in [5.74, 6) is -0.182. The summed E-state index contributed by atoms with van der Waals surface area (Å²) in [5.41, 5.74) is 2.94. The maximum atomic E-state index is 12.2. The number of aliphatic hydroxyl groups excluding tert-OH is 1. The summed E-state index contributed by atoms with van der Waals surface area (Å²) in [5, 5.41) is 19.8. The van der Waals surface area contributed by atoms with E-state index >= 15 is 0 Å². The first-order valence-corrected chi connectivity index (χ1v) is 6.53. The molecule has 2 heterocycles. The summed E-state index contributed by atoms with van der Waals surface area (Å²) >= 11 is 0. The fourth-order valence-electron chi connectivity index (χ4n) is 2.12. The zero-order chi connectivity index (χ0) is 14.7. The van der Waals surface area contributed by atoms with Gasteiger partial charge in [0.25, 0.3) is 5.91 Å². The molecule has 2 N–H and O–H groups in total. The van der Waals surface area contributed by atoms with Crippen LogP contribution < -0.4 is 5.32 Å². The van der Waals surface area contributed by atoms with Crippen LogP contribution in [-0.2, 0) is 13.2 Å². The van der Waals surface area contributed by atoms with E-state index in [2.05, 4.69) is 15.5 Å². The summed E-state index contributed by atoms with van der Waals surface area (Å²) in [6.45, 7) is 0.328. The van der Waals surface area contributed by atoms with Gasteiger partial charge in [-0.05, 0) is 23.3 Å². The Hall–Kier alpha value is -2.73. The molecule has 3 rings (SSSR count). The van der Waals surface area contributed by atoms with Crippen LogP contribution in [0.2, 0.25) is 0 Å². The lowest BCUT2D eigenvalue weighted by Gasteiger charge is -2.09. The molecule has 6 nitrogen and oxygen atoms in total. The van der Waals surface area contributed by atoms with E-state index in [1.807, 2.05) is 24.3 Å². The molecule has 0 aliphatic heterocycles. The van der Waals surface area contributed by atoms with E-state index in [0.717, 1.165) is 11.1 Å². The van der Waals surface area contributed by atoms with Crippen LogP contribution in [0.1, 0.15) is 21.5 Å². The van der Waals surface area contributed by atoms with Crippen molar-refractivity contribution in [1.29, 1.82) is 0 Å². The van der Waals surface area contributed by atoms with Crippen molar-refractivity contribution >= 4 is 11.6 Å². The van der Waals surface area contributed by atoms with Gasteiger partial charge in [-0.1, -0.05) is 24.3 Å². The Labute approximate surface area is 121 Å². The van der Waals surface area contributed by atoms with E-state index in [1.54, 1.807) is 29.1 Å². The van der Waals surface area contributed by atoms with Gasteiger partial charge in [0.05, 0.1) is 12.2 Å². The van der Waals surface area contributed by atoms with Crippen LogP contribution >= 0.6 is 0 Å². The van der Waals surface area contributed by atoms with Gasteiger partial charge in [-0.3, -0.25) is 9.20 Å². The molecular weight excluding hydrogens is 268 g/mol. The third-order valence-corrected chi connectivity index (χ3v) is 3.28. The zero-order valence-electron chi connectivity index (χ0n) is 11.2. The van der Waals surface area contributed by atoms with Gasteiger partial charge in [0, 0.05) is 12.7 Å². The molecule has 3 aromatic rings. The Morgan fingerprint density at radius 3 is 2.81 bits per heavy atom. The number of nitrogens with one attached hydrogen (secondary N) is 1. The van der Waals surface area contributed by atoms with Crippen LogP contribution in [0.4, 0.5) is 0 Å². The molecule has 0 bridgehead atoms. The fraction of sp³-hybridized carbons (Fsp3) is 0.133. The number of fused-ring (bicyclic) bond motifs is 1. The van der Waals surface area contributed by atoms with Crippen molar-refractivity contribution in [1.82, 2.24) is 19.9 Å². The summed E-state index contributed by atoms with van der Waals surface area (Å²) < 4.78 is 1.69. The first-order chi connectivity index (χ1) is 10.3. The monoisotopic (exact) mass is 282 g/mol. The van der Waals surface area contributed by atoms with Crippen molar-refractivity contribution in [2.75, 3.05) is 0 Å². The standard InChI is InChI=1S/C15H14N4O2/c20-9-13-4-2-1-3-11(13)7-16-15(21)12-5-6-14-18-17-10-19(14)8-12/h1-6,8,10,20H,7,9H2,(H,16,21). The molecule has 0 atom stereocenters. The third kappa shape index (κ3) is 2.75. The molecule has 1 amide bonds. The maximum Gasteiger partial charge on any atom is 0.253 e. The minimum Gasteiger partial charge on any atom is -0.392 e. The van der Waals surface area contributed by atoms with Crippen LogP contribution in [0.25, 0.3) is 5.65 Å². The number of pyridine rings is 1. The van der Waals surface area contributed by atoms with Gasteiger partial charge in [0.15, 0.2) is 5.65 Å². The Morgan fingerprint density at radius 2 is 2.00 bits per heavy atom. The van der Waals surface area contributed by atoms with E-state index in [9.17, 15) is 9.90 Å². The molecule has 1 aromatic carbocycles. The van der Waals surface area contributed by atoms with E-state index in [1.165, 1.54) is 0 Å². The normalized spacial score (nSPS) is 10.7. The van der Waals surface area contributed by atoms with E-state index in [-0.39, 0.29) is 12.5 Å². The fourth-order valence-corrected chi connectivity index (χ4v) is 2.12. The summed E-state index contributed by atoms with van der Waals surface area (Å²) in [4.78, 5) is 12.2. The Morgan fingerprint density at radius 1 is 1.19 bits per heavy atom. The number of benzene rings is 1. The van der Waals surface area contributed by atoms with Crippen molar-refractivity contribution in [3.05, 3.63) is 65.6 Å². The molecule has 6 heteroatoms. The second-order valence-electron chi connectivity index (χ2n) is 4.62. The lowest BCUT2D eigenvalue weighted by atomic mass is 10.1. The van der Waals surface area contributed by atoms with E-state index in [4.69, 9.17) is 0 Å². The predicted octanol–water partition coefficient (Wildman–Crippen LogP) is 1.15. The summed E-state index contributed by atoms with van der Waals surface area (Å²) in [6, 6.07) is 10.9. The number of hydrogen-bond acceptors (Lipinski definition) is 4. The number of aromatic nitrogens is 3. The molecule has 2 aromatic heterocycles. The van der Waals surface area contributed by atoms with Crippen LogP contribution in [0.3, 0.4) is 0 Å². The smallest absolute Gasteiger partial charge is 0.253 e. The second-order valence-corrected chi connectivity index (χ2v) is 4.62. The van der Waals surface area contributed by atoms with Crippen molar-refractivity contribution in [2.45, 2.75) is 13.2 Å². The van der Waals surface area contributed by atoms with Crippen LogP contribution in [0, 0.1) is 0 Å². The molecular formula is C15H14N4O2. The number of aliphatic hydroxyl groups is 1. The van der Waals surface area contributed by atoms with E-state index in [0.29, 0.717) is 17.8 Å². The highest BCUT2D eigenvalue weighted by Gasteiger charge is 2.08. The molecule has 0 aliphatic carbocycles. The molecule has 0 aliphatic rings. The highest BCUT2D eigenvalue weighted by molar-refractivity contribution is 5.94. The van der Waals surface area contributed by atoms with Crippen LogP contribution in [0.15, 0.2) is 48.9 Å². The van der Waals surface area contributed by atoms with E-state index < -0.39 is 0 Å². The highest BCUT2D eigenvalue weighted by atomic mass is 16.3. The number of carbonyl (C=O) groups excluding carboxylic acids is 1. The molecule has 106 valence electrons. The number of amides is 1. The minimum atomic E-state index is -0.182. The SMILES string of the molecule is O=C(NCc1ccccc1CO)c1ccc2nncn2c1. The lowest BCUT2D eigenvalue weighted by Crippen LogP contribution is -2.23. The molecule has 0 saturated carbocycles. The largest absolute Gasteiger partial charge is 0.392 e. The Bertz CT molecular complexity index is 782. The van der Waals surface area contributed by atoms with Gasteiger partial charge >= 0.3 is 0 Å². The van der Waals surface area contributed by atoms with Gasteiger partial charge in [-0.25, -0.2) is 0 Å². The Balaban J connectivity index is 1.74. The lowest BCUT2D eigenvalue weighted by molar-refractivity contribution is 0.0950. The van der Waals surface area contributed by atoms with Crippen molar-refractivity contribution in [3.8, 4) is 0 Å². The topological polar surface area (TPSA) is 79.5 Å². The minimum absolute atomic E-state index is 0.0429. The molecule has 0 unspecified atom stereocenters. The third-order valence-electron chi connectivity index (χ3n) is 3.28. The van der Waals surface area contributed by atoms with Crippen molar-refractivity contribution < 1.29 is 9.90 Å². The highest BCUT2D eigenvalue weighted by Crippen LogP contribution is 2.09. The maximum absolute atomic E-state index is 12.2. The van der Waals surface area contributed by atoms with Gasteiger partial charge in [-0.15, -0.1) is 10.2 Å². The molecule has 0 radical (unpaired) electrons. The number of nitrogens with zero attached hydrogens (tertiary/aromatic N) is 3. The van der Waals surface area contributed by atoms with Crippen molar-refractivity contribution in [2.24, 2.45) is 0 Å². The summed E-state index contributed by atoms with van der Waals surface area (Å²) in [7, 11) is 0. The average Bonchev–Trinajstić information content (AvgIpc) is 3.00. The molecule has 0 fully saturated rings. The van der Waals surface area contributed by atoms with Gasteiger partial charge in [-0.2, -0.15) is 0 Å². The van der Waals surface area contributed by atoms with Gasteiger partial charge in [0.1, 0.15) is 6.33 Å². The first-order valence-electron chi connectivity index (χ1n) is 6.53. The van der Waals surface area contributed by atoms with Gasteiger partial charge < -0.3 is 10.4 Å². The summed E-state index contributed by atoms with van der Waals surface area (Å²) in [6.07, 6.45) is 3.23. The van der Waals surface area contributed by atoms with Crippen molar-refractivity contribution in [3.63, 3.8) is 0 Å². The van der Waals surface area contributed by atoms with Gasteiger partial charge in [0.2, 0.25) is 0 Å². The molecule has 21 heavy (non-hydrogen) atoms. The number of hydrogen-bond donors (Lipinski definition) is 2. The number of carbonyl (C=O) groups is 1. The first kappa shape index (κ1) is 13.3. The average molecular weight is 282 g/mol. The van der Waals surface area contributed by atoms with Crippen LogP contribution in [-0.4, -0.2) is 25.6 Å². The second kappa shape index (κ2) is 5.72. The quantitative estimate of drug-likeness (QED) is 0.752. The zero-order valence-corrected chi connectivity index (χ0v) is 11.2. The molecule has 0 spiro atoms. The van der Waals surface area contributed by atoms with Crippen LogP contribution in [0.5, 0.6) is 0 Å². The molecule has 0 saturated heterocycles.